The Kier molecular flexibility index (Phi) is 5.06. The minimum absolute atomic E-state index is 0.107. The Morgan fingerprint density at radius 3 is 1.39 bits per heavy atom. The van der Waals surface area contributed by atoms with Gasteiger partial charge in [0.1, 0.15) is 6.10 Å². The molecule has 0 aliphatic heterocycles. The first kappa shape index (κ1) is 22.0. The number of hydrogen-bond acceptors (Lipinski definition) is 3. The molecule has 0 amide bonds. The third kappa shape index (κ3) is 3.21. The van der Waals surface area contributed by atoms with Crippen molar-refractivity contribution in [2.75, 3.05) is 13.2 Å². The summed E-state index contributed by atoms with van der Waals surface area (Å²) in [4.78, 5) is 0. The van der Waals surface area contributed by atoms with Crippen LogP contribution in [-0.4, -0.2) is 37.6 Å². The SMILES string of the molecule is C1=CC2C3CC(OCC(COC4CC5CC4C4CC=CC54)OC4CC5CC4C4CC=CC54)C(C3)C2C1. The van der Waals surface area contributed by atoms with Gasteiger partial charge in [0, 0.05) is 0 Å². The van der Waals surface area contributed by atoms with Gasteiger partial charge in [-0.05, 0) is 129 Å². The number of ether oxygens (including phenoxy) is 3. The molecule has 0 N–H and O–H groups in total. The smallest absolute Gasteiger partial charge is 0.104 e. The van der Waals surface area contributed by atoms with Gasteiger partial charge >= 0.3 is 0 Å². The van der Waals surface area contributed by atoms with Gasteiger partial charge in [0.2, 0.25) is 0 Å². The molecule has 0 spiro atoms. The molecule has 0 radical (unpaired) electrons. The molecule has 0 aromatic carbocycles. The Morgan fingerprint density at radius 2 is 0.917 bits per heavy atom. The van der Waals surface area contributed by atoms with Gasteiger partial charge in [-0.3, -0.25) is 0 Å². The average Bonchev–Trinajstić information content (AvgIpc) is 3.73. The van der Waals surface area contributed by atoms with Crippen molar-refractivity contribution in [1.82, 2.24) is 0 Å². The van der Waals surface area contributed by atoms with Gasteiger partial charge in [-0.15, -0.1) is 0 Å². The largest absolute Gasteiger partial charge is 0.375 e. The normalized spacial score (nSPS) is 56.8. The lowest BCUT2D eigenvalue weighted by Crippen LogP contribution is -2.40. The van der Waals surface area contributed by atoms with Crippen LogP contribution in [0.4, 0.5) is 0 Å². The third-order valence-corrected chi connectivity index (χ3v) is 13.2. The molecule has 6 bridgehead atoms. The van der Waals surface area contributed by atoms with Gasteiger partial charge in [-0.2, -0.15) is 0 Å². The Bertz CT molecular complexity index is 916. The monoisotopic (exact) mass is 488 g/mol. The minimum atomic E-state index is 0.107. The molecule has 6 saturated carbocycles. The number of hydrogen-bond donors (Lipinski definition) is 0. The van der Waals surface area contributed by atoms with Gasteiger partial charge in [0.15, 0.2) is 0 Å². The minimum Gasteiger partial charge on any atom is -0.375 e. The average molecular weight is 489 g/mol. The second kappa shape index (κ2) is 8.30. The summed E-state index contributed by atoms with van der Waals surface area (Å²) in [5, 5.41) is 0. The van der Waals surface area contributed by atoms with E-state index < -0.39 is 0 Å². The lowest BCUT2D eigenvalue weighted by molar-refractivity contribution is -0.144. The molecule has 9 rings (SSSR count). The van der Waals surface area contributed by atoms with E-state index in [1.165, 1.54) is 57.8 Å². The fourth-order valence-corrected chi connectivity index (χ4v) is 11.9. The first-order valence-electron chi connectivity index (χ1n) is 15.7. The first-order valence-corrected chi connectivity index (χ1v) is 15.7. The fourth-order valence-electron chi connectivity index (χ4n) is 11.9. The van der Waals surface area contributed by atoms with Crippen molar-refractivity contribution in [1.29, 1.82) is 0 Å². The van der Waals surface area contributed by atoms with E-state index >= 15 is 0 Å². The molecule has 0 aromatic rings. The fraction of sp³-hybridized carbons (Fsp3) is 0.818. The van der Waals surface area contributed by atoms with Crippen LogP contribution in [0.2, 0.25) is 0 Å². The summed E-state index contributed by atoms with van der Waals surface area (Å²) in [7, 11) is 0. The van der Waals surface area contributed by atoms with Crippen LogP contribution in [-0.2, 0) is 14.2 Å². The Balaban J connectivity index is 0.866. The van der Waals surface area contributed by atoms with E-state index in [0.29, 0.717) is 18.3 Å². The molecule has 36 heavy (non-hydrogen) atoms. The first-order chi connectivity index (χ1) is 17.8. The van der Waals surface area contributed by atoms with Gasteiger partial charge in [-0.1, -0.05) is 36.5 Å². The van der Waals surface area contributed by atoms with Crippen LogP contribution in [0.5, 0.6) is 0 Å². The predicted molar refractivity (Wildman–Crippen MR) is 139 cm³/mol. The topological polar surface area (TPSA) is 27.7 Å². The second-order valence-electron chi connectivity index (χ2n) is 14.4. The summed E-state index contributed by atoms with van der Waals surface area (Å²) in [5.41, 5.74) is 0. The second-order valence-corrected chi connectivity index (χ2v) is 14.4. The van der Waals surface area contributed by atoms with Gasteiger partial charge < -0.3 is 14.2 Å². The molecule has 0 aromatic heterocycles. The Labute approximate surface area is 217 Å². The van der Waals surface area contributed by atoms with Crippen LogP contribution < -0.4 is 0 Å². The highest BCUT2D eigenvalue weighted by Crippen LogP contribution is 2.59. The standard InChI is InChI=1S/C33H44O3/c1-4-22-18-10-28(25(22)7-1)31(13-18)34-16-21(36-33-15-20-12-30(33)27-9-3-6-24(20)27)17-35-32-14-19-11-29(32)26-8-2-5-23(19)26/h1-6,18-33H,7-17H2. The summed E-state index contributed by atoms with van der Waals surface area (Å²) in [6.45, 7) is 1.49. The zero-order valence-electron chi connectivity index (χ0n) is 21.7. The van der Waals surface area contributed by atoms with Crippen molar-refractivity contribution in [2.24, 2.45) is 71.0 Å². The number of fused-ring (bicyclic) bond motifs is 15. The van der Waals surface area contributed by atoms with Crippen molar-refractivity contribution in [3.63, 3.8) is 0 Å². The maximum absolute atomic E-state index is 7.00. The van der Waals surface area contributed by atoms with E-state index in [9.17, 15) is 0 Å². The van der Waals surface area contributed by atoms with E-state index in [0.717, 1.165) is 84.2 Å². The van der Waals surface area contributed by atoms with Crippen LogP contribution in [0.1, 0.15) is 57.8 Å². The van der Waals surface area contributed by atoms with Crippen LogP contribution in [0.25, 0.3) is 0 Å². The summed E-state index contributed by atoms with van der Waals surface area (Å²) in [6.07, 6.45) is 28.2. The van der Waals surface area contributed by atoms with Crippen LogP contribution in [0.3, 0.4) is 0 Å². The quantitative estimate of drug-likeness (QED) is 0.380. The molecule has 0 heterocycles. The van der Waals surface area contributed by atoms with Crippen LogP contribution in [0, 0.1) is 71.0 Å². The summed E-state index contributed by atoms with van der Waals surface area (Å²) < 4.78 is 20.6. The highest BCUT2D eigenvalue weighted by Gasteiger charge is 2.56. The molecule has 3 nitrogen and oxygen atoms in total. The van der Waals surface area contributed by atoms with Crippen molar-refractivity contribution in [2.45, 2.75) is 82.2 Å². The molecular weight excluding hydrogens is 444 g/mol. The van der Waals surface area contributed by atoms with Crippen molar-refractivity contribution in [3.05, 3.63) is 36.5 Å². The summed E-state index contributed by atoms with van der Waals surface area (Å²) in [5.74, 6) is 10.1. The summed E-state index contributed by atoms with van der Waals surface area (Å²) in [6, 6.07) is 0. The molecule has 9 aliphatic carbocycles. The van der Waals surface area contributed by atoms with E-state index in [2.05, 4.69) is 36.5 Å². The molecule has 15 unspecified atom stereocenters. The van der Waals surface area contributed by atoms with E-state index in [1.807, 2.05) is 0 Å². The maximum Gasteiger partial charge on any atom is 0.104 e. The zero-order valence-corrected chi connectivity index (χ0v) is 21.7. The molecule has 6 fully saturated rings. The Morgan fingerprint density at radius 1 is 0.500 bits per heavy atom. The molecule has 3 heteroatoms. The highest BCUT2D eigenvalue weighted by atomic mass is 16.6. The summed E-state index contributed by atoms with van der Waals surface area (Å²) >= 11 is 0. The highest BCUT2D eigenvalue weighted by molar-refractivity contribution is 5.16. The third-order valence-electron chi connectivity index (χ3n) is 13.2. The van der Waals surface area contributed by atoms with Crippen LogP contribution in [0.15, 0.2) is 36.5 Å². The van der Waals surface area contributed by atoms with Crippen molar-refractivity contribution < 1.29 is 14.2 Å². The van der Waals surface area contributed by atoms with Crippen molar-refractivity contribution >= 4 is 0 Å². The van der Waals surface area contributed by atoms with E-state index in [-0.39, 0.29) is 6.10 Å². The van der Waals surface area contributed by atoms with E-state index in [4.69, 9.17) is 14.2 Å². The lowest BCUT2D eigenvalue weighted by Gasteiger charge is -2.37. The van der Waals surface area contributed by atoms with Crippen molar-refractivity contribution in [3.8, 4) is 0 Å². The van der Waals surface area contributed by atoms with Gasteiger partial charge in [0.05, 0.1) is 31.5 Å². The molecule has 9 aliphatic rings. The number of rotatable bonds is 8. The lowest BCUT2D eigenvalue weighted by atomic mass is 9.79. The molecule has 194 valence electrons. The van der Waals surface area contributed by atoms with Gasteiger partial charge in [0.25, 0.3) is 0 Å². The molecule has 0 saturated heterocycles. The van der Waals surface area contributed by atoms with Crippen LogP contribution >= 0.6 is 0 Å². The van der Waals surface area contributed by atoms with Gasteiger partial charge in [-0.25, -0.2) is 0 Å². The zero-order chi connectivity index (χ0) is 23.4. The van der Waals surface area contributed by atoms with E-state index in [1.54, 1.807) is 0 Å². The number of allylic oxidation sites excluding steroid dienone is 6. The predicted octanol–water partition coefficient (Wildman–Crippen LogP) is 6.21. The molecular formula is C33H44O3. The Hall–Kier alpha value is -0.900. The molecule has 15 atom stereocenters. The maximum atomic E-state index is 7.00.